The molecule has 3 aromatic rings. The molecule has 1 heterocycles. The molecule has 138 valence electrons. The fourth-order valence-corrected chi connectivity index (χ4v) is 2.80. The van der Waals surface area contributed by atoms with E-state index in [4.69, 9.17) is 0 Å². The minimum atomic E-state index is 0.0126. The lowest BCUT2D eigenvalue weighted by Crippen LogP contribution is -2.13. The minimum Gasteiger partial charge on any atom is -0.326 e. The van der Waals surface area contributed by atoms with Gasteiger partial charge in [-0.3, -0.25) is 4.79 Å². The van der Waals surface area contributed by atoms with Gasteiger partial charge in [0.25, 0.3) is 0 Å². The summed E-state index contributed by atoms with van der Waals surface area (Å²) >= 11 is 0. The molecule has 0 spiro atoms. The third-order valence-electron chi connectivity index (χ3n) is 4.45. The largest absolute Gasteiger partial charge is 0.326 e. The average Bonchev–Trinajstić information content (AvgIpc) is 2.67. The van der Waals surface area contributed by atoms with Crippen LogP contribution in [0.25, 0.3) is 11.4 Å². The Bertz CT molecular complexity index is 880. The lowest BCUT2D eigenvalue weighted by Gasteiger charge is -2.19. The zero-order chi connectivity index (χ0) is 19.3. The molecule has 0 aliphatic heterocycles. The first-order valence-corrected chi connectivity index (χ1v) is 9.18. The summed E-state index contributed by atoms with van der Waals surface area (Å²) in [4.78, 5) is 20.7. The van der Waals surface area contributed by atoms with Crippen molar-refractivity contribution in [2.45, 2.75) is 39.0 Å². The highest BCUT2D eigenvalue weighted by molar-refractivity contribution is 5.91. The lowest BCUT2D eigenvalue weighted by molar-refractivity contribution is -0.116. The van der Waals surface area contributed by atoms with Crippen LogP contribution in [-0.4, -0.2) is 15.9 Å². The molecule has 4 heteroatoms. The Balaban J connectivity index is 1.53. The molecule has 2 aromatic carbocycles. The van der Waals surface area contributed by atoms with E-state index in [1.807, 2.05) is 24.3 Å². The number of anilines is 1. The van der Waals surface area contributed by atoms with Crippen molar-refractivity contribution in [2.24, 2.45) is 0 Å². The van der Waals surface area contributed by atoms with Gasteiger partial charge >= 0.3 is 0 Å². The van der Waals surface area contributed by atoms with Crippen LogP contribution < -0.4 is 5.32 Å². The van der Waals surface area contributed by atoms with Gasteiger partial charge in [0.1, 0.15) is 0 Å². The van der Waals surface area contributed by atoms with E-state index >= 15 is 0 Å². The highest BCUT2D eigenvalue weighted by Gasteiger charge is 2.13. The maximum Gasteiger partial charge on any atom is 0.224 e. The third kappa shape index (κ3) is 5.23. The highest BCUT2D eigenvalue weighted by Crippen LogP contribution is 2.22. The second-order valence-electron chi connectivity index (χ2n) is 7.64. The summed E-state index contributed by atoms with van der Waals surface area (Å²) in [5, 5.41) is 2.95. The van der Waals surface area contributed by atoms with Crippen molar-refractivity contribution in [3.05, 3.63) is 78.1 Å². The number of aromatic nitrogens is 2. The van der Waals surface area contributed by atoms with Gasteiger partial charge in [0.2, 0.25) is 5.91 Å². The molecular formula is C23H25N3O. The number of nitrogens with zero attached hydrogens (tertiary/aromatic N) is 2. The van der Waals surface area contributed by atoms with Crippen molar-refractivity contribution in [2.75, 3.05) is 5.32 Å². The molecule has 0 radical (unpaired) electrons. The lowest BCUT2D eigenvalue weighted by atomic mass is 9.86. The summed E-state index contributed by atoms with van der Waals surface area (Å²) in [6.07, 6.45) is 4.61. The number of hydrogen-bond acceptors (Lipinski definition) is 3. The topological polar surface area (TPSA) is 54.9 Å². The number of benzene rings is 2. The van der Waals surface area contributed by atoms with E-state index in [0.717, 1.165) is 17.7 Å². The van der Waals surface area contributed by atoms with Crippen molar-refractivity contribution in [3.8, 4) is 11.4 Å². The van der Waals surface area contributed by atoms with E-state index in [1.54, 1.807) is 18.5 Å². The van der Waals surface area contributed by atoms with Gasteiger partial charge in [-0.1, -0.05) is 45.0 Å². The van der Waals surface area contributed by atoms with Crippen LogP contribution >= 0.6 is 0 Å². The van der Waals surface area contributed by atoms with E-state index in [1.165, 1.54) is 11.1 Å². The van der Waals surface area contributed by atoms with Gasteiger partial charge in [-0.25, -0.2) is 9.97 Å². The van der Waals surface area contributed by atoms with Crippen LogP contribution in [0.5, 0.6) is 0 Å². The smallest absolute Gasteiger partial charge is 0.224 e. The van der Waals surface area contributed by atoms with E-state index in [2.05, 4.69) is 60.3 Å². The van der Waals surface area contributed by atoms with Gasteiger partial charge in [0.05, 0.1) is 0 Å². The Morgan fingerprint density at radius 2 is 1.56 bits per heavy atom. The summed E-state index contributed by atoms with van der Waals surface area (Å²) in [7, 11) is 0. The molecule has 1 amide bonds. The summed E-state index contributed by atoms with van der Waals surface area (Å²) in [5.74, 6) is 0.688. The normalized spacial score (nSPS) is 11.2. The molecule has 27 heavy (non-hydrogen) atoms. The van der Waals surface area contributed by atoms with Crippen LogP contribution in [0, 0.1) is 0 Å². The van der Waals surface area contributed by atoms with Crippen LogP contribution in [0.3, 0.4) is 0 Å². The molecule has 3 rings (SSSR count). The van der Waals surface area contributed by atoms with Crippen molar-refractivity contribution in [1.82, 2.24) is 9.97 Å². The molecule has 0 saturated heterocycles. The molecule has 1 N–H and O–H groups in total. The summed E-state index contributed by atoms with van der Waals surface area (Å²) < 4.78 is 0. The third-order valence-corrected chi connectivity index (χ3v) is 4.45. The quantitative estimate of drug-likeness (QED) is 0.696. The average molecular weight is 359 g/mol. The summed E-state index contributed by atoms with van der Waals surface area (Å²) in [6, 6.07) is 17.9. The first-order chi connectivity index (χ1) is 12.9. The predicted molar refractivity (Wildman–Crippen MR) is 110 cm³/mol. The predicted octanol–water partition coefficient (Wildman–Crippen LogP) is 5.01. The standard InChI is InChI=1S/C23H25N3O/c1-23(2,3)19-10-5-17(6-11-19)7-14-21(27)26-20-12-8-18(9-13-20)22-24-15-4-16-25-22/h4-6,8-13,15-16H,7,14H2,1-3H3,(H,26,27). The van der Waals surface area contributed by atoms with Crippen LogP contribution in [0.1, 0.15) is 38.3 Å². The Hall–Kier alpha value is -3.01. The molecular weight excluding hydrogens is 334 g/mol. The molecule has 4 nitrogen and oxygen atoms in total. The molecule has 0 unspecified atom stereocenters. The highest BCUT2D eigenvalue weighted by atomic mass is 16.1. The van der Waals surface area contributed by atoms with Crippen LogP contribution in [0.4, 0.5) is 5.69 Å². The fourth-order valence-electron chi connectivity index (χ4n) is 2.80. The molecule has 0 saturated carbocycles. The molecule has 0 aliphatic carbocycles. The number of carbonyl (C=O) groups is 1. The van der Waals surface area contributed by atoms with Crippen LogP contribution in [0.15, 0.2) is 67.0 Å². The Labute approximate surface area is 160 Å². The molecule has 0 fully saturated rings. The maximum absolute atomic E-state index is 12.2. The zero-order valence-corrected chi connectivity index (χ0v) is 16.1. The number of aryl methyl sites for hydroxylation is 1. The first kappa shape index (κ1) is 18.8. The van der Waals surface area contributed by atoms with Gasteiger partial charge in [-0.2, -0.15) is 0 Å². The molecule has 0 bridgehead atoms. The zero-order valence-electron chi connectivity index (χ0n) is 16.1. The van der Waals surface area contributed by atoms with E-state index < -0.39 is 0 Å². The SMILES string of the molecule is CC(C)(C)c1ccc(CCC(=O)Nc2ccc(-c3ncccn3)cc2)cc1. The second-order valence-corrected chi connectivity index (χ2v) is 7.64. The number of rotatable bonds is 5. The van der Waals surface area contributed by atoms with Crippen molar-refractivity contribution in [1.29, 1.82) is 0 Å². The first-order valence-electron chi connectivity index (χ1n) is 9.18. The van der Waals surface area contributed by atoms with Crippen molar-refractivity contribution < 1.29 is 4.79 Å². The van der Waals surface area contributed by atoms with Gasteiger partial charge in [-0.15, -0.1) is 0 Å². The Morgan fingerprint density at radius 3 is 2.15 bits per heavy atom. The van der Waals surface area contributed by atoms with Crippen molar-refractivity contribution in [3.63, 3.8) is 0 Å². The van der Waals surface area contributed by atoms with Crippen LogP contribution in [-0.2, 0) is 16.6 Å². The number of carbonyl (C=O) groups excluding carboxylic acids is 1. The second kappa shape index (κ2) is 8.12. The number of amides is 1. The van der Waals surface area contributed by atoms with E-state index in [-0.39, 0.29) is 11.3 Å². The van der Waals surface area contributed by atoms with Gasteiger partial charge < -0.3 is 5.32 Å². The van der Waals surface area contributed by atoms with E-state index in [0.29, 0.717) is 12.2 Å². The van der Waals surface area contributed by atoms with Gasteiger partial charge in [0, 0.05) is 30.1 Å². The van der Waals surface area contributed by atoms with Gasteiger partial charge in [0.15, 0.2) is 5.82 Å². The minimum absolute atomic E-state index is 0.0126. The van der Waals surface area contributed by atoms with Gasteiger partial charge in [-0.05, 0) is 53.3 Å². The Morgan fingerprint density at radius 1 is 0.926 bits per heavy atom. The van der Waals surface area contributed by atoms with Crippen molar-refractivity contribution >= 4 is 11.6 Å². The Kier molecular flexibility index (Phi) is 5.65. The van der Waals surface area contributed by atoms with E-state index in [9.17, 15) is 4.79 Å². The number of nitrogens with one attached hydrogen (secondary N) is 1. The molecule has 0 atom stereocenters. The fraction of sp³-hybridized carbons (Fsp3) is 0.261. The van der Waals surface area contributed by atoms with Crippen LogP contribution in [0.2, 0.25) is 0 Å². The maximum atomic E-state index is 12.2. The summed E-state index contributed by atoms with van der Waals surface area (Å²) in [6.45, 7) is 6.60. The monoisotopic (exact) mass is 359 g/mol. The summed E-state index contributed by atoms with van der Waals surface area (Å²) in [5.41, 5.74) is 4.33. The molecule has 1 aromatic heterocycles. The number of hydrogen-bond donors (Lipinski definition) is 1. The molecule has 0 aliphatic rings.